The summed E-state index contributed by atoms with van der Waals surface area (Å²) in [5.74, 6) is -4.89. The summed E-state index contributed by atoms with van der Waals surface area (Å²) in [6, 6.07) is 6.51. The zero-order valence-electron chi connectivity index (χ0n) is 10.5. The molecule has 0 fully saturated rings. The van der Waals surface area contributed by atoms with E-state index in [2.05, 4.69) is 5.32 Å². The molecule has 0 spiro atoms. The van der Waals surface area contributed by atoms with Crippen LogP contribution in [0.2, 0.25) is 0 Å². The molecule has 21 heavy (non-hydrogen) atoms. The van der Waals surface area contributed by atoms with Gasteiger partial charge in [-0.3, -0.25) is 5.32 Å². The lowest BCUT2D eigenvalue weighted by atomic mass is 10.2. The van der Waals surface area contributed by atoms with Crippen molar-refractivity contribution in [3.8, 4) is 0 Å². The quantitative estimate of drug-likeness (QED) is 0.687. The molecular weight excluding hydrogens is 290 g/mol. The van der Waals surface area contributed by atoms with Gasteiger partial charge in [0.15, 0.2) is 17.5 Å². The van der Waals surface area contributed by atoms with E-state index in [1.807, 2.05) is 0 Å². The Morgan fingerprint density at radius 3 is 2.33 bits per heavy atom. The predicted molar refractivity (Wildman–Crippen MR) is 66.5 cm³/mol. The minimum Gasteiger partial charge on any atom is -0.444 e. The van der Waals surface area contributed by atoms with Crippen molar-refractivity contribution in [2.75, 3.05) is 5.32 Å². The number of halogens is 4. The Morgan fingerprint density at radius 2 is 1.71 bits per heavy atom. The van der Waals surface area contributed by atoms with Gasteiger partial charge in [-0.15, -0.1) is 0 Å². The first kappa shape index (κ1) is 14.8. The number of nitrogens with one attached hydrogen (secondary N) is 1. The Bertz CT molecular complexity index is 653. The van der Waals surface area contributed by atoms with Crippen molar-refractivity contribution >= 4 is 11.8 Å². The van der Waals surface area contributed by atoms with Gasteiger partial charge in [-0.2, -0.15) is 0 Å². The highest BCUT2D eigenvalue weighted by molar-refractivity contribution is 5.84. The van der Waals surface area contributed by atoms with Crippen LogP contribution in [0.15, 0.2) is 36.4 Å². The van der Waals surface area contributed by atoms with Crippen LogP contribution in [0.4, 0.5) is 28.0 Å². The molecule has 2 aromatic carbocycles. The molecule has 0 heterocycles. The zero-order valence-corrected chi connectivity index (χ0v) is 10.5. The van der Waals surface area contributed by atoms with E-state index in [1.54, 1.807) is 0 Å². The second-order valence-electron chi connectivity index (χ2n) is 4.08. The third-order valence-corrected chi connectivity index (χ3v) is 2.48. The summed E-state index contributed by atoms with van der Waals surface area (Å²) in [7, 11) is 0. The lowest BCUT2D eigenvalue weighted by Crippen LogP contribution is -2.13. The van der Waals surface area contributed by atoms with Crippen LogP contribution >= 0.6 is 0 Å². The minimum atomic E-state index is -1.59. The summed E-state index contributed by atoms with van der Waals surface area (Å²) in [5, 5.41) is 2.23. The van der Waals surface area contributed by atoms with Gasteiger partial charge in [-0.1, -0.05) is 6.07 Å². The van der Waals surface area contributed by atoms with Gasteiger partial charge in [0, 0.05) is 5.69 Å². The third-order valence-electron chi connectivity index (χ3n) is 2.48. The summed E-state index contributed by atoms with van der Waals surface area (Å²) < 4.78 is 56.2. The van der Waals surface area contributed by atoms with Gasteiger partial charge >= 0.3 is 6.09 Å². The molecule has 0 unspecified atom stereocenters. The van der Waals surface area contributed by atoms with Crippen LogP contribution in [-0.2, 0) is 11.3 Å². The topological polar surface area (TPSA) is 38.3 Å². The van der Waals surface area contributed by atoms with E-state index >= 15 is 0 Å². The number of carbonyl (C=O) groups excluding carboxylic acids is 1. The number of hydrogen-bond donors (Lipinski definition) is 1. The summed E-state index contributed by atoms with van der Waals surface area (Å²) >= 11 is 0. The maximum Gasteiger partial charge on any atom is 0.411 e. The van der Waals surface area contributed by atoms with Gasteiger partial charge < -0.3 is 4.74 Å². The zero-order chi connectivity index (χ0) is 15.4. The van der Waals surface area contributed by atoms with E-state index in [9.17, 15) is 22.4 Å². The highest BCUT2D eigenvalue weighted by atomic mass is 19.2. The Balaban J connectivity index is 1.95. The summed E-state index contributed by atoms with van der Waals surface area (Å²) in [6.45, 7) is -0.463. The van der Waals surface area contributed by atoms with Crippen molar-refractivity contribution < 1.29 is 27.1 Å². The van der Waals surface area contributed by atoms with Crippen molar-refractivity contribution in [1.82, 2.24) is 0 Å². The van der Waals surface area contributed by atoms with Crippen molar-refractivity contribution in [1.29, 1.82) is 0 Å². The van der Waals surface area contributed by atoms with E-state index in [4.69, 9.17) is 4.74 Å². The molecule has 1 amide bonds. The Hall–Kier alpha value is -2.57. The van der Waals surface area contributed by atoms with Gasteiger partial charge in [0.25, 0.3) is 0 Å². The van der Waals surface area contributed by atoms with Gasteiger partial charge in [-0.05, 0) is 35.9 Å². The van der Waals surface area contributed by atoms with Crippen molar-refractivity contribution in [3.05, 3.63) is 65.2 Å². The maximum atomic E-state index is 12.9. The van der Waals surface area contributed by atoms with Crippen molar-refractivity contribution in [3.63, 3.8) is 0 Å². The van der Waals surface area contributed by atoms with Crippen LogP contribution in [0.3, 0.4) is 0 Å². The van der Waals surface area contributed by atoms with Gasteiger partial charge in [0.05, 0.1) is 0 Å². The molecule has 0 aromatic heterocycles. The van der Waals surface area contributed by atoms with Gasteiger partial charge in [-0.25, -0.2) is 22.4 Å². The van der Waals surface area contributed by atoms with E-state index in [1.165, 1.54) is 18.2 Å². The number of carbonyl (C=O) groups is 1. The smallest absolute Gasteiger partial charge is 0.411 e. The Morgan fingerprint density at radius 1 is 1.05 bits per heavy atom. The van der Waals surface area contributed by atoms with Crippen LogP contribution in [0.1, 0.15) is 5.56 Å². The minimum absolute atomic E-state index is 0.0548. The molecular formula is C14H9F4NO2. The molecule has 3 nitrogen and oxygen atoms in total. The summed E-state index contributed by atoms with van der Waals surface area (Å²) in [6.07, 6.45) is -0.939. The number of amides is 1. The normalized spacial score (nSPS) is 10.3. The fourth-order valence-corrected chi connectivity index (χ4v) is 1.56. The highest BCUT2D eigenvalue weighted by Gasteiger charge is 2.12. The molecule has 0 bridgehead atoms. The summed E-state index contributed by atoms with van der Waals surface area (Å²) in [5.41, 5.74) is 0.109. The molecule has 2 aromatic rings. The first-order chi connectivity index (χ1) is 9.95. The fraction of sp³-hybridized carbons (Fsp3) is 0.0714. The number of hydrogen-bond acceptors (Lipinski definition) is 2. The lowest BCUT2D eigenvalue weighted by molar-refractivity contribution is 0.154. The Labute approximate surface area is 117 Å². The standard InChI is InChI=1S/C14H9F4NO2/c15-9-2-1-3-10(6-9)19-14(20)21-7-8-4-11(16)13(18)12(17)5-8/h1-6H,7H2,(H,19,20). The van der Waals surface area contributed by atoms with E-state index in [0.717, 1.165) is 6.07 Å². The number of rotatable bonds is 3. The molecule has 2 rings (SSSR count). The molecule has 110 valence electrons. The lowest BCUT2D eigenvalue weighted by Gasteiger charge is -2.07. The molecule has 1 N–H and O–H groups in total. The van der Waals surface area contributed by atoms with Crippen LogP contribution in [0.5, 0.6) is 0 Å². The number of anilines is 1. The molecule has 0 aliphatic rings. The average Bonchev–Trinajstić information content (AvgIpc) is 2.42. The van der Waals surface area contributed by atoms with Crippen LogP contribution in [0.25, 0.3) is 0 Å². The second kappa shape index (κ2) is 6.25. The molecule has 7 heteroatoms. The predicted octanol–water partition coefficient (Wildman–Crippen LogP) is 3.99. The molecule has 0 aliphatic carbocycles. The largest absolute Gasteiger partial charge is 0.444 e. The number of benzene rings is 2. The molecule has 0 saturated carbocycles. The fourth-order valence-electron chi connectivity index (χ4n) is 1.56. The first-order valence-corrected chi connectivity index (χ1v) is 5.78. The van der Waals surface area contributed by atoms with Crippen LogP contribution in [-0.4, -0.2) is 6.09 Å². The summed E-state index contributed by atoms with van der Waals surface area (Å²) in [4.78, 5) is 11.4. The van der Waals surface area contributed by atoms with E-state index in [0.29, 0.717) is 12.1 Å². The van der Waals surface area contributed by atoms with E-state index in [-0.39, 0.29) is 11.3 Å². The monoisotopic (exact) mass is 299 g/mol. The maximum absolute atomic E-state index is 12.9. The highest BCUT2D eigenvalue weighted by Crippen LogP contribution is 2.15. The van der Waals surface area contributed by atoms with Gasteiger partial charge in [0.1, 0.15) is 12.4 Å². The SMILES string of the molecule is O=C(Nc1cccc(F)c1)OCc1cc(F)c(F)c(F)c1. The van der Waals surface area contributed by atoms with E-state index < -0.39 is 36.0 Å². The molecule has 0 aliphatic heterocycles. The third kappa shape index (κ3) is 3.95. The van der Waals surface area contributed by atoms with Crippen molar-refractivity contribution in [2.45, 2.75) is 6.61 Å². The molecule has 0 saturated heterocycles. The van der Waals surface area contributed by atoms with Crippen LogP contribution in [0, 0.1) is 23.3 Å². The Kier molecular flexibility index (Phi) is 4.42. The van der Waals surface area contributed by atoms with Crippen LogP contribution < -0.4 is 5.32 Å². The molecule has 0 radical (unpaired) electrons. The number of ether oxygens (including phenoxy) is 1. The average molecular weight is 299 g/mol. The van der Waals surface area contributed by atoms with Gasteiger partial charge in [0.2, 0.25) is 0 Å². The second-order valence-corrected chi connectivity index (χ2v) is 4.08. The van der Waals surface area contributed by atoms with Crippen molar-refractivity contribution in [2.24, 2.45) is 0 Å². The first-order valence-electron chi connectivity index (χ1n) is 5.78. The molecule has 0 atom stereocenters.